The molecule has 1 saturated heterocycles. The van der Waals surface area contributed by atoms with Crippen molar-refractivity contribution in [2.24, 2.45) is 5.92 Å². The number of piperidine rings is 1. The molecule has 2 heterocycles. The molecule has 0 spiro atoms. The number of anilines is 1. The van der Waals surface area contributed by atoms with E-state index in [1.165, 1.54) is 22.5 Å². The first-order valence-corrected chi connectivity index (χ1v) is 10.2. The lowest BCUT2D eigenvalue weighted by Crippen LogP contribution is -2.54. The summed E-state index contributed by atoms with van der Waals surface area (Å²) in [6.45, 7) is 6.87. The normalized spacial score (nSPS) is 19.7. The lowest BCUT2D eigenvalue weighted by molar-refractivity contribution is -0.123. The molecule has 0 radical (unpaired) electrons. The zero-order valence-electron chi connectivity index (χ0n) is 17.7. The van der Waals surface area contributed by atoms with Gasteiger partial charge in [-0.3, -0.25) is 4.79 Å². The number of hydrogen-bond donors (Lipinski definition) is 0. The van der Waals surface area contributed by atoms with Gasteiger partial charge in [0, 0.05) is 39.3 Å². The van der Waals surface area contributed by atoms with Crippen molar-refractivity contribution < 1.29 is 13.9 Å². The Kier molecular flexibility index (Phi) is 7.33. The van der Waals surface area contributed by atoms with Crippen molar-refractivity contribution in [2.75, 3.05) is 38.3 Å². The first-order chi connectivity index (χ1) is 14.5. The number of rotatable bonds is 8. The van der Waals surface area contributed by atoms with Crippen LogP contribution in [0.2, 0.25) is 0 Å². The molecule has 1 amide bonds. The number of aromatic nitrogens is 4. The predicted octanol–water partition coefficient (Wildman–Crippen LogP) is 0.989. The maximum atomic E-state index is 14.5. The number of halogens is 1. The molecule has 1 aromatic heterocycles. The lowest BCUT2D eigenvalue weighted by atomic mass is 9.91. The highest BCUT2D eigenvalue weighted by Crippen LogP contribution is 2.29. The minimum Gasteiger partial charge on any atom is -0.375 e. The molecule has 1 fully saturated rings. The molecule has 0 unspecified atom stereocenters. The molecular formula is C20H29FN6O3. The van der Waals surface area contributed by atoms with Crippen LogP contribution in [0, 0.1) is 11.7 Å². The van der Waals surface area contributed by atoms with Crippen LogP contribution >= 0.6 is 0 Å². The minimum atomic E-state index is -0.421. The molecule has 10 heteroatoms. The van der Waals surface area contributed by atoms with Gasteiger partial charge in [-0.05, 0) is 41.8 Å². The van der Waals surface area contributed by atoms with Gasteiger partial charge in [-0.15, -0.1) is 0 Å². The van der Waals surface area contributed by atoms with E-state index in [1.807, 2.05) is 6.92 Å². The van der Waals surface area contributed by atoms with E-state index >= 15 is 0 Å². The molecule has 164 valence electrons. The maximum absolute atomic E-state index is 14.5. The summed E-state index contributed by atoms with van der Waals surface area (Å²) >= 11 is 0. The third kappa shape index (κ3) is 4.76. The fourth-order valence-corrected chi connectivity index (χ4v) is 4.03. The molecule has 0 bridgehead atoms. The summed E-state index contributed by atoms with van der Waals surface area (Å²) < 4.78 is 22.2. The standard InChI is InChI=1S/C20H29FN6O3/c1-4-25-20(29)26(23-22-25)12-11-24-10-9-17(15(2)13-24)27(19(28)14-30-3)18-8-6-5-7-16(18)21/h5-8,15,17H,4,9-14H2,1-3H3/t15-,17+/m0/s1. The Morgan fingerprint density at radius 1 is 1.27 bits per heavy atom. The molecule has 1 aliphatic rings. The van der Waals surface area contributed by atoms with E-state index in [-0.39, 0.29) is 35.9 Å². The summed E-state index contributed by atoms with van der Waals surface area (Å²) in [5.74, 6) is -0.562. The summed E-state index contributed by atoms with van der Waals surface area (Å²) in [5.41, 5.74) is 0.0731. The van der Waals surface area contributed by atoms with Crippen LogP contribution in [0.25, 0.3) is 0 Å². The van der Waals surface area contributed by atoms with Gasteiger partial charge >= 0.3 is 5.69 Å². The Morgan fingerprint density at radius 2 is 2.00 bits per heavy atom. The van der Waals surface area contributed by atoms with E-state index in [0.29, 0.717) is 26.1 Å². The van der Waals surface area contributed by atoms with Gasteiger partial charge in [0.1, 0.15) is 12.4 Å². The second-order valence-electron chi connectivity index (χ2n) is 7.58. The average molecular weight is 420 g/mol. The molecule has 3 rings (SSSR count). The van der Waals surface area contributed by atoms with E-state index < -0.39 is 5.82 Å². The number of carbonyl (C=O) groups excluding carboxylic acids is 1. The Morgan fingerprint density at radius 3 is 2.63 bits per heavy atom. The smallest absolute Gasteiger partial charge is 0.363 e. The van der Waals surface area contributed by atoms with Gasteiger partial charge in [0.2, 0.25) is 0 Å². The van der Waals surface area contributed by atoms with Crippen LogP contribution in [0.3, 0.4) is 0 Å². The fraction of sp³-hybridized carbons (Fsp3) is 0.600. The van der Waals surface area contributed by atoms with Gasteiger partial charge in [-0.2, -0.15) is 9.36 Å². The van der Waals surface area contributed by atoms with Crippen molar-refractivity contribution in [3.05, 3.63) is 40.6 Å². The Labute approximate surface area is 175 Å². The van der Waals surface area contributed by atoms with Gasteiger partial charge in [0.05, 0.1) is 12.2 Å². The van der Waals surface area contributed by atoms with Crippen molar-refractivity contribution in [1.82, 2.24) is 24.7 Å². The predicted molar refractivity (Wildman–Crippen MR) is 110 cm³/mol. The Hall–Kier alpha value is -2.59. The fourth-order valence-electron chi connectivity index (χ4n) is 4.03. The number of para-hydroxylation sites is 1. The van der Waals surface area contributed by atoms with E-state index in [9.17, 15) is 14.0 Å². The average Bonchev–Trinajstić information content (AvgIpc) is 3.09. The molecule has 2 atom stereocenters. The quantitative estimate of drug-likeness (QED) is 0.633. The van der Waals surface area contributed by atoms with Crippen molar-refractivity contribution >= 4 is 11.6 Å². The van der Waals surface area contributed by atoms with Crippen molar-refractivity contribution in [1.29, 1.82) is 0 Å². The van der Waals surface area contributed by atoms with Crippen LogP contribution in [-0.4, -0.2) is 70.0 Å². The molecule has 2 aromatic rings. The molecule has 1 aliphatic heterocycles. The minimum absolute atomic E-state index is 0.0999. The second-order valence-corrected chi connectivity index (χ2v) is 7.58. The second kappa shape index (κ2) is 9.94. The SMILES string of the molecule is CCn1nnn(CCN2CC[C@@H](N(C(=O)COC)c3ccccc3F)[C@@H](C)C2)c1=O. The van der Waals surface area contributed by atoms with Gasteiger partial charge in [0.15, 0.2) is 0 Å². The molecule has 0 aliphatic carbocycles. The van der Waals surface area contributed by atoms with Gasteiger partial charge in [-0.1, -0.05) is 19.1 Å². The van der Waals surface area contributed by atoms with Crippen LogP contribution in [0.15, 0.2) is 29.1 Å². The van der Waals surface area contributed by atoms with E-state index in [4.69, 9.17) is 4.74 Å². The number of nitrogens with zero attached hydrogens (tertiary/aromatic N) is 6. The summed E-state index contributed by atoms with van der Waals surface area (Å²) in [4.78, 5) is 28.6. The zero-order valence-corrected chi connectivity index (χ0v) is 17.7. The Balaban J connectivity index is 1.68. The summed E-state index contributed by atoms with van der Waals surface area (Å²) in [6, 6.07) is 6.20. The molecule has 30 heavy (non-hydrogen) atoms. The number of carbonyl (C=O) groups is 1. The summed E-state index contributed by atoms with van der Waals surface area (Å²) in [6.07, 6.45) is 0.696. The highest BCUT2D eigenvalue weighted by molar-refractivity contribution is 5.95. The molecule has 9 nitrogen and oxygen atoms in total. The first-order valence-electron chi connectivity index (χ1n) is 10.2. The number of ether oxygens (including phenoxy) is 1. The number of tetrazole rings is 1. The molecule has 0 N–H and O–H groups in total. The summed E-state index contributed by atoms with van der Waals surface area (Å²) in [7, 11) is 1.46. The van der Waals surface area contributed by atoms with Gasteiger partial charge in [-0.25, -0.2) is 9.18 Å². The third-order valence-electron chi connectivity index (χ3n) is 5.55. The van der Waals surface area contributed by atoms with E-state index in [2.05, 4.69) is 22.3 Å². The summed E-state index contributed by atoms with van der Waals surface area (Å²) in [5, 5.41) is 7.74. The van der Waals surface area contributed by atoms with Crippen LogP contribution in [0.5, 0.6) is 0 Å². The van der Waals surface area contributed by atoms with Crippen LogP contribution in [-0.2, 0) is 22.6 Å². The van der Waals surface area contributed by atoms with E-state index in [0.717, 1.165) is 13.1 Å². The lowest BCUT2D eigenvalue weighted by Gasteiger charge is -2.42. The number of amides is 1. The Bertz CT molecular complexity index is 914. The zero-order chi connectivity index (χ0) is 21.7. The number of hydrogen-bond acceptors (Lipinski definition) is 6. The highest BCUT2D eigenvalue weighted by Gasteiger charge is 2.35. The van der Waals surface area contributed by atoms with E-state index in [1.54, 1.807) is 23.1 Å². The number of likely N-dealkylation sites (tertiary alicyclic amines) is 1. The highest BCUT2D eigenvalue weighted by atomic mass is 19.1. The number of aryl methyl sites for hydroxylation is 1. The van der Waals surface area contributed by atoms with Crippen LogP contribution in [0.4, 0.5) is 10.1 Å². The molecule has 0 saturated carbocycles. The van der Waals surface area contributed by atoms with Crippen molar-refractivity contribution in [3.63, 3.8) is 0 Å². The third-order valence-corrected chi connectivity index (χ3v) is 5.55. The van der Waals surface area contributed by atoms with Gasteiger partial charge in [0.25, 0.3) is 5.91 Å². The monoisotopic (exact) mass is 420 g/mol. The van der Waals surface area contributed by atoms with Crippen molar-refractivity contribution in [3.8, 4) is 0 Å². The van der Waals surface area contributed by atoms with Crippen LogP contribution in [0.1, 0.15) is 20.3 Å². The topological polar surface area (TPSA) is 85.5 Å². The van der Waals surface area contributed by atoms with Crippen LogP contribution < -0.4 is 10.6 Å². The molecule has 1 aromatic carbocycles. The maximum Gasteiger partial charge on any atom is 0.363 e. The number of methoxy groups -OCH3 is 1. The van der Waals surface area contributed by atoms with Gasteiger partial charge < -0.3 is 14.5 Å². The number of benzene rings is 1. The largest absolute Gasteiger partial charge is 0.375 e. The molecular weight excluding hydrogens is 391 g/mol. The first kappa shape index (κ1) is 22.1. The van der Waals surface area contributed by atoms with Crippen molar-refractivity contribution in [2.45, 2.75) is 39.4 Å².